The van der Waals surface area contributed by atoms with Crippen LogP contribution >= 0.6 is 34.5 Å². The third-order valence-corrected chi connectivity index (χ3v) is 6.47. The number of aromatic nitrogens is 3. The maximum Gasteiger partial charge on any atom is 0.373 e. The van der Waals surface area contributed by atoms with E-state index in [1.54, 1.807) is 29.6 Å². The molecule has 29 heavy (non-hydrogen) atoms. The number of thiazole rings is 1. The van der Waals surface area contributed by atoms with Crippen LogP contribution in [0, 0.1) is 0 Å². The first-order valence-corrected chi connectivity index (χ1v) is 11.0. The van der Waals surface area contributed by atoms with Crippen LogP contribution in [-0.2, 0) is 10.0 Å². The first-order valence-electron chi connectivity index (χ1n) is 7.93. The maximum absolute atomic E-state index is 12.8. The molecular formula is C17H10Cl2N4O4S2. The van der Waals surface area contributed by atoms with Gasteiger partial charge in [0, 0.05) is 33.1 Å². The van der Waals surface area contributed by atoms with Gasteiger partial charge in [0.15, 0.2) is 11.1 Å². The van der Waals surface area contributed by atoms with E-state index in [0.29, 0.717) is 21.4 Å². The first-order chi connectivity index (χ1) is 13.8. The van der Waals surface area contributed by atoms with Crippen LogP contribution in [0.5, 0.6) is 5.95 Å². The lowest BCUT2D eigenvalue weighted by Gasteiger charge is -2.02. The van der Waals surface area contributed by atoms with Crippen molar-refractivity contribution in [3.63, 3.8) is 0 Å². The number of anilines is 1. The second kappa shape index (κ2) is 7.64. The monoisotopic (exact) mass is 468 g/mol. The van der Waals surface area contributed by atoms with Gasteiger partial charge in [-0.05, 0) is 28.9 Å². The number of halogens is 2. The fraction of sp³-hybridized carbons (Fsp3) is 0. The van der Waals surface area contributed by atoms with Crippen molar-refractivity contribution in [1.29, 1.82) is 0 Å². The van der Waals surface area contributed by atoms with Gasteiger partial charge in [0.1, 0.15) is 0 Å². The SMILES string of the molecule is O=S(=O)(Nc1nc(-c2ccc(Cl)cc2)cs1)c1c([O-])on[n+]1-c1ccc(Cl)cc1. The van der Waals surface area contributed by atoms with Gasteiger partial charge in [0.25, 0.3) is 0 Å². The van der Waals surface area contributed by atoms with Crippen molar-refractivity contribution >= 4 is 49.7 Å². The quantitative estimate of drug-likeness (QED) is 0.449. The van der Waals surface area contributed by atoms with Crippen molar-refractivity contribution in [3.8, 4) is 22.9 Å². The van der Waals surface area contributed by atoms with Gasteiger partial charge in [-0.3, -0.25) is 0 Å². The summed E-state index contributed by atoms with van der Waals surface area (Å²) < 4.78 is 33.4. The Hall–Kier alpha value is -2.66. The molecule has 0 bridgehead atoms. The van der Waals surface area contributed by atoms with E-state index in [9.17, 15) is 13.5 Å². The van der Waals surface area contributed by atoms with Crippen LogP contribution in [-0.4, -0.2) is 18.7 Å². The topological polar surface area (TPSA) is 112 Å². The lowest BCUT2D eigenvalue weighted by molar-refractivity contribution is -0.706. The highest BCUT2D eigenvalue weighted by Gasteiger charge is 2.34. The Morgan fingerprint density at radius 3 is 2.31 bits per heavy atom. The highest BCUT2D eigenvalue weighted by atomic mass is 35.5. The predicted octanol–water partition coefficient (Wildman–Crippen LogP) is 3.26. The molecule has 148 valence electrons. The number of hydrogen-bond donors (Lipinski definition) is 1. The zero-order valence-corrected chi connectivity index (χ0v) is 17.4. The van der Waals surface area contributed by atoms with E-state index >= 15 is 0 Å². The molecule has 2 heterocycles. The van der Waals surface area contributed by atoms with Crippen LogP contribution < -0.4 is 14.5 Å². The highest BCUT2D eigenvalue weighted by molar-refractivity contribution is 7.92. The van der Waals surface area contributed by atoms with Crippen molar-refractivity contribution in [3.05, 3.63) is 64.0 Å². The molecule has 0 radical (unpaired) electrons. The van der Waals surface area contributed by atoms with Crippen LogP contribution in [0.3, 0.4) is 0 Å². The molecule has 2 aromatic carbocycles. The van der Waals surface area contributed by atoms with E-state index in [2.05, 4.69) is 19.5 Å². The average Bonchev–Trinajstić information content (AvgIpc) is 3.29. The minimum atomic E-state index is -4.33. The molecule has 12 heteroatoms. The zero-order valence-electron chi connectivity index (χ0n) is 14.2. The molecule has 0 unspecified atom stereocenters. The van der Waals surface area contributed by atoms with E-state index in [1.165, 1.54) is 24.3 Å². The molecule has 0 aliphatic carbocycles. The lowest BCUT2D eigenvalue weighted by atomic mass is 10.2. The molecule has 0 saturated carbocycles. The van der Waals surface area contributed by atoms with Crippen LogP contribution in [0.1, 0.15) is 0 Å². The van der Waals surface area contributed by atoms with E-state index in [1.807, 2.05) is 0 Å². The summed E-state index contributed by atoms with van der Waals surface area (Å²) >= 11 is 12.8. The fourth-order valence-electron chi connectivity index (χ4n) is 2.45. The van der Waals surface area contributed by atoms with E-state index in [-0.39, 0.29) is 5.13 Å². The molecule has 0 aliphatic heterocycles. The molecule has 0 fully saturated rings. The molecule has 0 aliphatic rings. The summed E-state index contributed by atoms with van der Waals surface area (Å²) in [6, 6.07) is 13.0. The average molecular weight is 469 g/mol. The zero-order chi connectivity index (χ0) is 20.6. The Labute approximate surface area is 179 Å². The standard InChI is InChI=1S/C17H10Cl2N4O4S2/c18-11-3-1-10(2-4-11)14-9-28-17(20-14)21-29(25,26)15-16(24)27-22-23(15)13-7-5-12(19)6-8-13/h1-9H,(H-,20,21,22,24). The minimum absolute atomic E-state index is 0.0817. The largest absolute Gasteiger partial charge is 0.538 e. The van der Waals surface area contributed by atoms with E-state index in [0.717, 1.165) is 21.6 Å². The molecule has 0 saturated heterocycles. The van der Waals surface area contributed by atoms with Gasteiger partial charge in [-0.1, -0.05) is 35.3 Å². The summed E-state index contributed by atoms with van der Waals surface area (Å²) in [5, 5.41) is 17.7. The number of nitrogens with zero attached hydrogens (tertiary/aromatic N) is 3. The fourth-order valence-corrected chi connectivity index (χ4v) is 4.78. The van der Waals surface area contributed by atoms with Crippen molar-refractivity contribution in [2.24, 2.45) is 0 Å². The maximum atomic E-state index is 12.8. The summed E-state index contributed by atoms with van der Waals surface area (Å²) in [6.07, 6.45) is 0. The molecule has 1 N–H and O–H groups in total. The molecule has 8 nitrogen and oxygen atoms in total. The minimum Gasteiger partial charge on any atom is -0.538 e. The van der Waals surface area contributed by atoms with Crippen molar-refractivity contribution < 1.29 is 22.7 Å². The Kier molecular flexibility index (Phi) is 5.17. The van der Waals surface area contributed by atoms with Gasteiger partial charge in [-0.2, -0.15) is 8.42 Å². The van der Waals surface area contributed by atoms with Gasteiger partial charge < -0.3 is 9.63 Å². The summed E-state index contributed by atoms with van der Waals surface area (Å²) in [5.74, 6) is -1.11. The first kappa shape index (κ1) is 19.6. The highest BCUT2D eigenvalue weighted by Crippen LogP contribution is 2.28. The van der Waals surface area contributed by atoms with Crippen LogP contribution in [0.4, 0.5) is 5.13 Å². The number of rotatable bonds is 5. The second-order valence-corrected chi connectivity index (χ2v) is 9.03. The molecule has 0 spiro atoms. The number of nitrogens with one attached hydrogen (secondary N) is 1. The predicted molar refractivity (Wildman–Crippen MR) is 106 cm³/mol. The van der Waals surface area contributed by atoms with E-state index < -0.39 is 21.0 Å². The molecule has 4 rings (SSSR count). The van der Waals surface area contributed by atoms with Gasteiger partial charge in [0.05, 0.1) is 11.0 Å². The number of sulfonamides is 1. The van der Waals surface area contributed by atoms with Gasteiger partial charge in [0.2, 0.25) is 5.69 Å². The van der Waals surface area contributed by atoms with Crippen LogP contribution in [0.2, 0.25) is 10.0 Å². The van der Waals surface area contributed by atoms with Crippen LogP contribution in [0.15, 0.2) is 63.5 Å². The summed E-state index contributed by atoms with van der Waals surface area (Å²) in [4.78, 5) is 4.25. The Balaban J connectivity index is 1.66. The molecule has 2 aromatic heterocycles. The normalized spacial score (nSPS) is 11.5. The molecule has 0 atom stereocenters. The number of hydrogen-bond acceptors (Lipinski definition) is 7. The van der Waals surface area contributed by atoms with Crippen LogP contribution in [0.25, 0.3) is 16.9 Å². The third kappa shape index (κ3) is 4.06. The van der Waals surface area contributed by atoms with Gasteiger partial charge in [-0.15, -0.1) is 11.3 Å². The Morgan fingerprint density at radius 2 is 1.66 bits per heavy atom. The van der Waals surface area contributed by atoms with Gasteiger partial charge in [-0.25, -0.2) is 9.71 Å². The van der Waals surface area contributed by atoms with Crippen molar-refractivity contribution in [2.75, 3.05) is 4.72 Å². The van der Waals surface area contributed by atoms with Crippen molar-refractivity contribution in [1.82, 2.24) is 10.3 Å². The molecule has 0 amide bonds. The molecule has 4 aromatic rings. The van der Waals surface area contributed by atoms with Crippen molar-refractivity contribution in [2.45, 2.75) is 5.03 Å². The lowest BCUT2D eigenvalue weighted by Crippen LogP contribution is -2.40. The Morgan fingerprint density at radius 1 is 1.03 bits per heavy atom. The van der Waals surface area contributed by atoms with Gasteiger partial charge >= 0.3 is 15.0 Å². The summed E-state index contributed by atoms with van der Waals surface area (Å²) in [5.41, 5.74) is 1.62. The third-order valence-electron chi connectivity index (χ3n) is 3.76. The summed E-state index contributed by atoms with van der Waals surface area (Å²) in [6.45, 7) is 0. The Bertz CT molecular complexity index is 1270. The second-order valence-electron chi connectivity index (χ2n) is 5.70. The smallest absolute Gasteiger partial charge is 0.373 e. The molecular weight excluding hydrogens is 459 g/mol. The summed E-state index contributed by atoms with van der Waals surface area (Å²) in [7, 11) is -4.33. The van der Waals surface area contributed by atoms with E-state index in [4.69, 9.17) is 23.2 Å². The number of benzene rings is 2.